The van der Waals surface area contributed by atoms with Crippen LogP contribution in [0.1, 0.15) is 42.5 Å². The number of carbonyl (C=O) groups is 1. The molecule has 5 nitrogen and oxygen atoms in total. The van der Waals surface area contributed by atoms with Gasteiger partial charge in [0.1, 0.15) is 0 Å². The van der Waals surface area contributed by atoms with Crippen molar-refractivity contribution >= 4 is 23.2 Å². The second-order valence-corrected chi connectivity index (χ2v) is 8.00. The summed E-state index contributed by atoms with van der Waals surface area (Å²) in [6.07, 6.45) is 6.58. The normalized spacial score (nSPS) is 22.5. The van der Waals surface area contributed by atoms with Gasteiger partial charge in [-0.25, -0.2) is 0 Å². The Balaban J connectivity index is 1.68. The largest absolute Gasteiger partial charge is 0.330 e. The highest BCUT2D eigenvalue weighted by atomic mass is 35.5. The lowest BCUT2D eigenvalue weighted by Crippen LogP contribution is -2.38. The zero-order valence-corrected chi connectivity index (χ0v) is 15.9. The van der Waals surface area contributed by atoms with Gasteiger partial charge >= 0.3 is 0 Å². The molecule has 2 aliphatic rings. The van der Waals surface area contributed by atoms with Crippen LogP contribution in [0.5, 0.6) is 0 Å². The fourth-order valence-corrected chi connectivity index (χ4v) is 4.52. The van der Waals surface area contributed by atoms with Gasteiger partial charge in [0.05, 0.1) is 12.7 Å². The monoisotopic (exact) mass is 372 g/mol. The number of aromatic nitrogens is 2. The van der Waals surface area contributed by atoms with Crippen LogP contribution in [0, 0.1) is 11.8 Å². The summed E-state index contributed by atoms with van der Waals surface area (Å²) in [6, 6.07) is 5.84. The predicted octanol–water partition coefficient (Wildman–Crippen LogP) is 3.28. The average Bonchev–Trinajstić information content (AvgIpc) is 2.90. The number of aryl methyl sites for hydroxylation is 1. The Kier molecular flexibility index (Phi) is 4.76. The molecule has 2 heterocycles. The number of hydrogen-bond donors (Lipinski definition) is 1. The summed E-state index contributed by atoms with van der Waals surface area (Å²) in [7, 11) is 1.95. The van der Waals surface area contributed by atoms with E-state index < -0.39 is 0 Å². The van der Waals surface area contributed by atoms with Crippen LogP contribution in [-0.4, -0.2) is 22.2 Å². The summed E-state index contributed by atoms with van der Waals surface area (Å²) in [5, 5.41) is 5.09. The van der Waals surface area contributed by atoms with Crippen molar-refractivity contribution in [1.29, 1.82) is 0 Å². The van der Waals surface area contributed by atoms with Crippen molar-refractivity contribution in [3.8, 4) is 0 Å². The number of amides is 1. The lowest BCUT2D eigenvalue weighted by Gasteiger charge is -2.32. The van der Waals surface area contributed by atoms with Gasteiger partial charge in [0.15, 0.2) is 0 Å². The molecule has 1 fully saturated rings. The summed E-state index contributed by atoms with van der Waals surface area (Å²) >= 11 is 6.24. The van der Waals surface area contributed by atoms with E-state index in [1.807, 2.05) is 41.0 Å². The number of anilines is 1. The zero-order chi connectivity index (χ0) is 18.3. The van der Waals surface area contributed by atoms with E-state index in [1.165, 1.54) is 0 Å². The SMILES string of the molecule is Cn1ncc2c1Cc1cc(Cl)ccc1N(C(=O)C1CCC(CN)CC1)C2. The van der Waals surface area contributed by atoms with Gasteiger partial charge in [0.2, 0.25) is 5.91 Å². The highest BCUT2D eigenvalue weighted by Gasteiger charge is 2.33. The van der Waals surface area contributed by atoms with E-state index in [2.05, 4.69) is 5.10 Å². The van der Waals surface area contributed by atoms with Gasteiger partial charge in [-0.2, -0.15) is 5.10 Å². The average molecular weight is 373 g/mol. The number of rotatable bonds is 2. The third-order valence-electron chi connectivity index (χ3n) is 5.96. The summed E-state index contributed by atoms with van der Waals surface area (Å²) in [4.78, 5) is 15.4. The number of fused-ring (bicyclic) bond motifs is 2. The van der Waals surface area contributed by atoms with Crippen LogP contribution in [0.25, 0.3) is 0 Å². The first-order valence-electron chi connectivity index (χ1n) is 9.36. The minimum atomic E-state index is 0.0829. The van der Waals surface area contributed by atoms with E-state index in [4.69, 9.17) is 17.3 Å². The number of nitrogens with two attached hydrogens (primary N) is 1. The summed E-state index contributed by atoms with van der Waals surface area (Å²) in [5.74, 6) is 0.875. The van der Waals surface area contributed by atoms with E-state index in [9.17, 15) is 4.79 Å². The molecule has 1 aliphatic heterocycles. The van der Waals surface area contributed by atoms with E-state index in [0.717, 1.165) is 61.2 Å². The Morgan fingerprint density at radius 1 is 1.27 bits per heavy atom. The topological polar surface area (TPSA) is 64.2 Å². The third kappa shape index (κ3) is 3.14. The van der Waals surface area contributed by atoms with Crippen molar-refractivity contribution in [3.05, 3.63) is 46.2 Å². The maximum Gasteiger partial charge on any atom is 0.230 e. The fourth-order valence-electron chi connectivity index (χ4n) is 4.33. The van der Waals surface area contributed by atoms with Crippen LogP contribution in [0.3, 0.4) is 0 Å². The number of nitrogens with zero attached hydrogens (tertiary/aromatic N) is 3. The van der Waals surface area contributed by atoms with Crippen molar-refractivity contribution in [2.75, 3.05) is 11.4 Å². The van der Waals surface area contributed by atoms with Gasteiger partial charge in [-0.3, -0.25) is 9.48 Å². The summed E-state index contributed by atoms with van der Waals surface area (Å²) in [5.41, 5.74) is 10.1. The predicted molar refractivity (Wildman–Crippen MR) is 103 cm³/mol. The molecule has 0 atom stereocenters. The highest BCUT2D eigenvalue weighted by molar-refractivity contribution is 6.30. The number of hydrogen-bond acceptors (Lipinski definition) is 3. The molecule has 0 unspecified atom stereocenters. The van der Waals surface area contributed by atoms with Gasteiger partial charge in [-0.05, 0) is 61.9 Å². The van der Waals surface area contributed by atoms with Crippen LogP contribution in [0.15, 0.2) is 24.4 Å². The molecular weight excluding hydrogens is 348 g/mol. The molecule has 2 N–H and O–H groups in total. The minimum Gasteiger partial charge on any atom is -0.330 e. The van der Waals surface area contributed by atoms with Gasteiger partial charge in [0.25, 0.3) is 0 Å². The lowest BCUT2D eigenvalue weighted by atomic mass is 9.81. The molecule has 1 aromatic carbocycles. The maximum absolute atomic E-state index is 13.4. The minimum absolute atomic E-state index is 0.0829. The standard InChI is InChI=1S/C20H25ClN4O/c1-24-19-9-15-8-17(21)6-7-18(15)25(12-16(19)11-23-24)20(26)14-4-2-13(10-22)3-5-14/h6-8,11,13-14H,2-5,9-10,12,22H2,1H3. The number of halogens is 1. The molecule has 4 rings (SSSR count). The third-order valence-corrected chi connectivity index (χ3v) is 6.20. The Bertz CT molecular complexity index is 823. The molecule has 1 aromatic heterocycles. The van der Waals surface area contributed by atoms with Crippen molar-refractivity contribution in [2.24, 2.45) is 24.6 Å². The first-order valence-corrected chi connectivity index (χ1v) is 9.74. The fraction of sp³-hybridized carbons (Fsp3) is 0.500. The van der Waals surface area contributed by atoms with Gasteiger partial charge in [-0.1, -0.05) is 11.6 Å². The molecule has 26 heavy (non-hydrogen) atoms. The quantitative estimate of drug-likeness (QED) is 0.879. The van der Waals surface area contributed by atoms with Crippen LogP contribution in [0.2, 0.25) is 5.02 Å². The molecule has 138 valence electrons. The molecule has 1 aliphatic carbocycles. The molecular formula is C20H25ClN4O. The van der Waals surface area contributed by atoms with Crippen molar-refractivity contribution < 1.29 is 4.79 Å². The second-order valence-electron chi connectivity index (χ2n) is 7.57. The van der Waals surface area contributed by atoms with Crippen molar-refractivity contribution in [3.63, 3.8) is 0 Å². The van der Waals surface area contributed by atoms with E-state index in [0.29, 0.717) is 17.5 Å². The van der Waals surface area contributed by atoms with Crippen LogP contribution < -0.4 is 10.6 Å². The van der Waals surface area contributed by atoms with Gasteiger partial charge in [0, 0.05) is 41.4 Å². The smallest absolute Gasteiger partial charge is 0.230 e. The van der Waals surface area contributed by atoms with E-state index in [-0.39, 0.29) is 11.8 Å². The Labute approximate surface area is 159 Å². The number of carbonyl (C=O) groups excluding carboxylic acids is 1. The molecule has 1 saturated carbocycles. The molecule has 6 heteroatoms. The Hall–Kier alpha value is -1.85. The lowest BCUT2D eigenvalue weighted by molar-refractivity contribution is -0.123. The van der Waals surface area contributed by atoms with Crippen molar-refractivity contribution in [2.45, 2.75) is 38.6 Å². The van der Waals surface area contributed by atoms with Gasteiger partial charge < -0.3 is 10.6 Å². The van der Waals surface area contributed by atoms with Crippen LogP contribution in [0.4, 0.5) is 5.69 Å². The molecule has 2 aromatic rings. The summed E-state index contributed by atoms with van der Waals surface area (Å²) < 4.78 is 1.90. The van der Waals surface area contributed by atoms with E-state index >= 15 is 0 Å². The number of benzene rings is 1. The van der Waals surface area contributed by atoms with Crippen molar-refractivity contribution in [1.82, 2.24) is 9.78 Å². The molecule has 0 spiro atoms. The Morgan fingerprint density at radius 2 is 2.04 bits per heavy atom. The zero-order valence-electron chi connectivity index (χ0n) is 15.1. The molecule has 0 radical (unpaired) electrons. The maximum atomic E-state index is 13.4. The van der Waals surface area contributed by atoms with Crippen LogP contribution in [-0.2, 0) is 24.8 Å². The van der Waals surface area contributed by atoms with Gasteiger partial charge in [-0.15, -0.1) is 0 Å². The molecule has 0 bridgehead atoms. The van der Waals surface area contributed by atoms with E-state index in [1.54, 1.807) is 0 Å². The van der Waals surface area contributed by atoms with Crippen LogP contribution >= 0.6 is 11.6 Å². The molecule has 0 saturated heterocycles. The second kappa shape index (κ2) is 7.05. The first-order chi connectivity index (χ1) is 12.6. The molecule has 1 amide bonds. The Morgan fingerprint density at radius 3 is 2.77 bits per heavy atom. The summed E-state index contributed by atoms with van der Waals surface area (Å²) in [6.45, 7) is 1.30. The first kappa shape index (κ1) is 17.6. The highest BCUT2D eigenvalue weighted by Crippen LogP contribution is 2.36.